The van der Waals surface area contributed by atoms with Gasteiger partial charge < -0.3 is 0 Å². The van der Waals surface area contributed by atoms with Crippen LogP contribution in [0.5, 0.6) is 0 Å². The molecule has 18 heavy (non-hydrogen) atoms. The van der Waals surface area contributed by atoms with E-state index in [1.54, 1.807) is 0 Å². The first-order valence-electron chi connectivity index (χ1n) is 6.98. The standard InChI is InChI=1S/C15H19N.C2H6/c1-10(2)12-8-14(11(3)4)13-6-5-7-16-15(13)9-12;1-2/h5-11H,1-4H3;1-2H3. The van der Waals surface area contributed by atoms with Gasteiger partial charge in [0, 0.05) is 11.6 Å². The highest BCUT2D eigenvalue weighted by Crippen LogP contribution is 2.28. The van der Waals surface area contributed by atoms with E-state index in [4.69, 9.17) is 0 Å². The minimum Gasteiger partial charge on any atom is -0.256 e. The van der Waals surface area contributed by atoms with E-state index >= 15 is 0 Å². The van der Waals surface area contributed by atoms with E-state index in [0.717, 1.165) is 5.52 Å². The fourth-order valence-electron chi connectivity index (χ4n) is 2.04. The summed E-state index contributed by atoms with van der Waals surface area (Å²) in [4.78, 5) is 4.47. The highest BCUT2D eigenvalue weighted by molar-refractivity contribution is 5.83. The Morgan fingerprint density at radius 2 is 1.61 bits per heavy atom. The third kappa shape index (κ3) is 3.10. The molecular formula is C17H25N. The van der Waals surface area contributed by atoms with Crippen molar-refractivity contribution in [3.63, 3.8) is 0 Å². The van der Waals surface area contributed by atoms with E-state index in [0.29, 0.717) is 11.8 Å². The van der Waals surface area contributed by atoms with Crippen molar-refractivity contribution in [1.82, 2.24) is 4.98 Å². The van der Waals surface area contributed by atoms with Crippen LogP contribution in [0.4, 0.5) is 0 Å². The summed E-state index contributed by atoms with van der Waals surface area (Å²) >= 11 is 0. The fourth-order valence-corrected chi connectivity index (χ4v) is 2.04. The topological polar surface area (TPSA) is 12.9 Å². The van der Waals surface area contributed by atoms with Crippen LogP contribution in [-0.4, -0.2) is 4.98 Å². The lowest BCUT2D eigenvalue weighted by molar-refractivity contribution is 0.841. The largest absolute Gasteiger partial charge is 0.256 e. The van der Waals surface area contributed by atoms with Gasteiger partial charge in [-0.25, -0.2) is 0 Å². The van der Waals surface area contributed by atoms with Gasteiger partial charge in [-0.2, -0.15) is 0 Å². The molecule has 0 N–H and O–H groups in total. The Morgan fingerprint density at radius 3 is 2.17 bits per heavy atom. The predicted octanol–water partition coefficient (Wildman–Crippen LogP) is 5.51. The highest BCUT2D eigenvalue weighted by atomic mass is 14.6. The molecule has 0 fully saturated rings. The zero-order valence-corrected chi connectivity index (χ0v) is 12.5. The van der Waals surface area contributed by atoms with Gasteiger partial charge in [-0.3, -0.25) is 4.98 Å². The second-order valence-corrected chi connectivity index (χ2v) is 4.99. The molecule has 1 aromatic carbocycles. The Labute approximate surface area is 111 Å². The molecule has 0 aliphatic rings. The maximum atomic E-state index is 4.47. The van der Waals surface area contributed by atoms with Gasteiger partial charge in [-0.15, -0.1) is 0 Å². The summed E-state index contributed by atoms with van der Waals surface area (Å²) in [6, 6.07) is 8.73. The molecule has 1 heteroatoms. The second-order valence-electron chi connectivity index (χ2n) is 4.99. The lowest BCUT2D eigenvalue weighted by atomic mass is 9.92. The molecule has 0 bridgehead atoms. The van der Waals surface area contributed by atoms with Crippen molar-refractivity contribution in [2.45, 2.75) is 53.4 Å². The van der Waals surface area contributed by atoms with Crippen molar-refractivity contribution in [2.24, 2.45) is 0 Å². The Bertz CT molecular complexity index is 498. The van der Waals surface area contributed by atoms with Gasteiger partial charge in [0.25, 0.3) is 0 Å². The lowest BCUT2D eigenvalue weighted by Crippen LogP contribution is -1.96. The van der Waals surface area contributed by atoms with Crippen molar-refractivity contribution >= 4 is 10.9 Å². The molecule has 0 spiro atoms. The predicted molar refractivity (Wildman–Crippen MR) is 81.3 cm³/mol. The Morgan fingerprint density at radius 1 is 0.944 bits per heavy atom. The summed E-state index contributed by atoms with van der Waals surface area (Å²) in [5.74, 6) is 1.11. The number of rotatable bonds is 2. The van der Waals surface area contributed by atoms with Crippen molar-refractivity contribution < 1.29 is 0 Å². The van der Waals surface area contributed by atoms with E-state index in [1.165, 1.54) is 16.5 Å². The van der Waals surface area contributed by atoms with Crippen LogP contribution in [0, 0.1) is 0 Å². The van der Waals surface area contributed by atoms with Crippen LogP contribution in [0.2, 0.25) is 0 Å². The van der Waals surface area contributed by atoms with Gasteiger partial charge in [-0.05, 0) is 35.1 Å². The number of hydrogen-bond acceptors (Lipinski definition) is 1. The molecule has 0 saturated heterocycles. The van der Waals surface area contributed by atoms with E-state index in [2.05, 4.69) is 50.9 Å². The molecule has 0 radical (unpaired) electrons. The number of pyridine rings is 1. The summed E-state index contributed by atoms with van der Waals surface area (Å²) < 4.78 is 0. The summed E-state index contributed by atoms with van der Waals surface area (Å²) in [6.45, 7) is 12.9. The minimum absolute atomic E-state index is 0.547. The maximum absolute atomic E-state index is 4.47. The van der Waals surface area contributed by atoms with Crippen LogP contribution >= 0.6 is 0 Å². The summed E-state index contributed by atoms with van der Waals surface area (Å²) in [5.41, 5.74) is 3.92. The molecule has 1 heterocycles. The molecular weight excluding hydrogens is 218 g/mol. The lowest BCUT2D eigenvalue weighted by Gasteiger charge is -2.14. The monoisotopic (exact) mass is 243 g/mol. The van der Waals surface area contributed by atoms with Gasteiger partial charge in [0.15, 0.2) is 0 Å². The van der Waals surface area contributed by atoms with Crippen LogP contribution in [0.15, 0.2) is 30.5 Å². The molecule has 0 amide bonds. The van der Waals surface area contributed by atoms with E-state index in [1.807, 2.05) is 26.1 Å². The molecule has 98 valence electrons. The maximum Gasteiger partial charge on any atom is 0.0707 e. The summed E-state index contributed by atoms with van der Waals surface area (Å²) in [7, 11) is 0. The first-order chi connectivity index (χ1) is 8.59. The van der Waals surface area contributed by atoms with Gasteiger partial charge in [-0.1, -0.05) is 53.7 Å². The molecule has 1 nitrogen and oxygen atoms in total. The average molecular weight is 243 g/mol. The second kappa shape index (κ2) is 6.53. The van der Waals surface area contributed by atoms with Crippen molar-refractivity contribution in [3.8, 4) is 0 Å². The van der Waals surface area contributed by atoms with E-state index < -0.39 is 0 Å². The molecule has 0 saturated carbocycles. The average Bonchev–Trinajstić information content (AvgIpc) is 2.39. The fraction of sp³-hybridized carbons (Fsp3) is 0.471. The zero-order valence-electron chi connectivity index (χ0n) is 12.5. The van der Waals surface area contributed by atoms with Crippen molar-refractivity contribution in [3.05, 3.63) is 41.6 Å². The molecule has 2 aromatic rings. The van der Waals surface area contributed by atoms with Crippen LogP contribution in [0.1, 0.15) is 64.5 Å². The number of benzene rings is 1. The van der Waals surface area contributed by atoms with Gasteiger partial charge in [0.2, 0.25) is 0 Å². The number of fused-ring (bicyclic) bond motifs is 1. The third-order valence-corrected chi connectivity index (χ3v) is 3.06. The van der Waals surface area contributed by atoms with Gasteiger partial charge >= 0.3 is 0 Å². The van der Waals surface area contributed by atoms with Crippen LogP contribution in [0.3, 0.4) is 0 Å². The van der Waals surface area contributed by atoms with Crippen molar-refractivity contribution in [1.29, 1.82) is 0 Å². The smallest absolute Gasteiger partial charge is 0.0707 e. The first-order valence-corrected chi connectivity index (χ1v) is 6.98. The molecule has 0 aliphatic heterocycles. The van der Waals surface area contributed by atoms with Gasteiger partial charge in [0.1, 0.15) is 0 Å². The normalized spacial score (nSPS) is 10.7. The Kier molecular flexibility index (Phi) is 5.33. The quantitative estimate of drug-likeness (QED) is 0.678. The number of hydrogen-bond donors (Lipinski definition) is 0. The SMILES string of the molecule is CC.CC(C)c1cc(C(C)C)c2cccnc2c1. The number of aromatic nitrogens is 1. The van der Waals surface area contributed by atoms with Crippen LogP contribution in [-0.2, 0) is 0 Å². The van der Waals surface area contributed by atoms with E-state index in [-0.39, 0.29) is 0 Å². The Hall–Kier alpha value is -1.37. The number of nitrogens with zero attached hydrogens (tertiary/aromatic N) is 1. The Balaban J connectivity index is 0.000000771. The molecule has 0 atom stereocenters. The molecule has 2 rings (SSSR count). The molecule has 0 aliphatic carbocycles. The zero-order chi connectivity index (χ0) is 13.7. The summed E-state index contributed by atoms with van der Waals surface area (Å²) in [5, 5.41) is 1.29. The first kappa shape index (κ1) is 14.7. The van der Waals surface area contributed by atoms with Crippen LogP contribution in [0.25, 0.3) is 10.9 Å². The minimum atomic E-state index is 0.547. The van der Waals surface area contributed by atoms with Crippen molar-refractivity contribution in [2.75, 3.05) is 0 Å². The molecule has 1 aromatic heterocycles. The third-order valence-electron chi connectivity index (χ3n) is 3.06. The van der Waals surface area contributed by atoms with E-state index in [9.17, 15) is 0 Å². The highest BCUT2D eigenvalue weighted by Gasteiger charge is 2.09. The van der Waals surface area contributed by atoms with Gasteiger partial charge in [0.05, 0.1) is 5.52 Å². The molecule has 0 unspecified atom stereocenters. The summed E-state index contributed by atoms with van der Waals surface area (Å²) in [6.07, 6.45) is 1.87. The van der Waals surface area contributed by atoms with Crippen LogP contribution < -0.4 is 0 Å².